The number of aliphatic imine (C=N–C) groups is 1. The molecular weight excluding hydrogens is 396 g/mol. The predicted octanol–water partition coefficient (Wildman–Crippen LogP) is 3.74. The van der Waals surface area contributed by atoms with E-state index in [2.05, 4.69) is 45.1 Å². The molecular formula is C23H27ClN6. The third kappa shape index (κ3) is 4.82. The lowest BCUT2D eigenvalue weighted by atomic mass is 9.96. The summed E-state index contributed by atoms with van der Waals surface area (Å²) in [5.41, 5.74) is 2.58. The first-order chi connectivity index (χ1) is 14.6. The molecule has 0 radical (unpaired) electrons. The van der Waals surface area contributed by atoms with Crippen molar-refractivity contribution in [2.75, 3.05) is 6.54 Å². The Morgan fingerprint density at radius 1 is 1.10 bits per heavy atom. The lowest BCUT2D eigenvalue weighted by Crippen LogP contribution is -2.41. The Hall–Kier alpha value is -2.86. The van der Waals surface area contributed by atoms with Gasteiger partial charge in [-0.2, -0.15) is 0 Å². The van der Waals surface area contributed by atoms with Gasteiger partial charge in [0.05, 0.1) is 13.1 Å². The van der Waals surface area contributed by atoms with Crippen molar-refractivity contribution < 1.29 is 0 Å². The summed E-state index contributed by atoms with van der Waals surface area (Å²) in [7, 11) is 1.97. The first kappa shape index (κ1) is 20.4. The van der Waals surface area contributed by atoms with E-state index in [1.807, 2.05) is 48.9 Å². The summed E-state index contributed by atoms with van der Waals surface area (Å²) in [4.78, 5) is 4.80. The molecule has 1 heterocycles. The number of halogens is 1. The summed E-state index contributed by atoms with van der Waals surface area (Å²) in [6, 6.07) is 18.4. The maximum absolute atomic E-state index is 6.22. The quantitative estimate of drug-likeness (QED) is 0.449. The van der Waals surface area contributed by atoms with Gasteiger partial charge in [0.25, 0.3) is 0 Å². The summed E-state index contributed by atoms with van der Waals surface area (Å²) in [6.07, 6.45) is 2.30. The third-order valence-electron chi connectivity index (χ3n) is 5.74. The zero-order chi connectivity index (χ0) is 21.0. The molecule has 2 aromatic carbocycles. The van der Waals surface area contributed by atoms with Crippen LogP contribution in [0.1, 0.15) is 35.6 Å². The number of nitrogens with zero attached hydrogens (tertiary/aromatic N) is 4. The molecule has 0 unspecified atom stereocenters. The molecule has 1 aliphatic rings. The maximum Gasteiger partial charge on any atom is 0.192 e. The molecule has 2 N–H and O–H groups in total. The molecule has 156 valence electrons. The van der Waals surface area contributed by atoms with E-state index in [-0.39, 0.29) is 5.41 Å². The molecule has 4 rings (SSSR count). The molecule has 0 atom stereocenters. The van der Waals surface area contributed by atoms with Crippen LogP contribution >= 0.6 is 11.6 Å². The Morgan fingerprint density at radius 3 is 2.57 bits per heavy atom. The van der Waals surface area contributed by atoms with E-state index in [0.717, 1.165) is 42.0 Å². The van der Waals surface area contributed by atoms with Crippen LogP contribution in [-0.4, -0.2) is 27.3 Å². The van der Waals surface area contributed by atoms with Crippen molar-refractivity contribution in [1.82, 2.24) is 25.4 Å². The van der Waals surface area contributed by atoms with Crippen molar-refractivity contribution in [1.29, 1.82) is 0 Å². The van der Waals surface area contributed by atoms with Gasteiger partial charge in [-0.25, -0.2) is 4.99 Å². The van der Waals surface area contributed by atoms with Crippen LogP contribution in [0, 0.1) is 6.92 Å². The van der Waals surface area contributed by atoms with Crippen molar-refractivity contribution in [2.45, 2.75) is 38.3 Å². The predicted molar refractivity (Wildman–Crippen MR) is 121 cm³/mol. The maximum atomic E-state index is 6.22. The fourth-order valence-electron chi connectivity index (χ4n) is 3.49. The van der Waals surface area contributed by atoms with Gasteiger partial charge in [-0.1, -0.05) is 54.1 Å². The molecule has 30 heavy (non-hydrogen) atoms. The zero-order valence-corrected chi connectivity index (χ0v) is 18.2. The van der Waals surface area contributed by atoms with Crippen LogP contribution in [-0.2, 0) is 25.6 Å². The molecule has 1 aromatic heterocycles. The second kappa shape index (κ2) is 8.88. The molecule has 1 saturated carbocycles. The van der Waals surface area contributed by atoms with Gasteiger partial charge in [-0.15, -0.1) is 10.2 Å². The van der Waals surface area contributed by atoms with Gasteiger partial charge < -0.3 is 15.2 Å². The van der Waals surface area contributed by atoms with Crippen LogP contribution in [0.25, 0.3) is 0 Å². The second-order valence-corrected chi connectivity index (χ2v) is 8.31. The Morgan fingerprint density at radius 2 is 1.90 bits per heavy atom. The van der Waals surface area contributed by atoms with Crippen LogP contribution in [0.3, 0.4) is 0 Å². The number of nitrogens with one attached hydrogen (secondary N) is 2. The topological polar surface area (TPSA) is 67.1 Å². The highest BCUT2D eigenvalue weighted by atomic mass is 35.5. The highest BCUT2D eigenvalue weighted by Gasteiger charge is 2.44. The van der Waals surface area contributed by atoms with Crippen molar-refractivity contribution in [3.8, 4) is 0 Å². The van der Waals surface area contributed by atoms with E-state index in [1.165, 1.54) is 11.1 Å². The number of aryl methyl sites for hydroxylation is 1. The normalized spacial score (nSPS) is 15.1. The van der Waals surface area contributed by atoms with E-state index < -0.39 is 0 Å². The average molecular weight is 423 g/mol. The highest BCUT2D eigenvalue weighted by molar-refractivity contribution is 6.30. The molecule has 0 amide bonds. The minimum atomic E-state index is 0.126. The largest absolute Gasteiger partial charge is 0.355 e. The summed E-state index contributed by atoms with van der Waals surface area (Å²) >= 11 is 6.22. The molecule has 0 aliphatic heterocycles. The van der Waals surface area contributed by atoms with Gasteiger partial charge in [0, 0.05) is 24.0 Å². The number of guanidine groups is 1. The summed E-state index contributed by atoms with van der Waals surface area (Å²) < 4.78 is 1.98. The van der Waals surface area contributed by atoms with Gasteiger partial charge in [0.2, 0.25) is 0 Å². The number of benzene rings is 2. The van der Waals surface area contributed by atoms with Gasteiger partial charge in [-0.05, 0) is 43.0 Å². The van der Waals surface area contributed by atoms with E-state index >= 15 is 0 Å². The van der Waals surface area contributed by atoms with Gasteiger partial charge in [-0.3, -0.25) is 0 Å². The fraction of sp³-hybridized carbons (Fsp3) is 0.348. The van der Waals surface area contributed by atoms with Gasteiger partial charge in [0.1, 0.15) is 5.82 Å². The number of hydrogen-bond donors (Lipinski definition) is 2. The SMILES string of the molecule is Cc1nnc(CNC(=NCc2ccccc2)NCC2(c3cccc(Cl)c3)CC2)n1C. The molecule has 0 saturated heterocycles. The van der Waals surface area contributed by atoms with E-state index in [0.29, 0.717) is 13.1 Å². The van der Waals surface area contributed by atoms with Crippen molar-refractivity contribution >= 4 is 17.6 Å². The molecule has 1 fully saturated rings. The molecule has 0 spiro atoms. The van der Waals surface area contributed by atoms with Crippen LogP contribution < -0.4 is 10.6 Å². The Bertz CT molecular complexity index is 1020. The van der Waals surface area contributed by atoms with Crippen LogP contribution in [0.5, 0.6) is 0 Å². The Labute approximate surface area is 182 Å². The van der Waals surface area contributed by atoms with Crippen LogP contribution in [0.2, 0.25) is 5.02 Å². The highest BCUT2D eigenvalue weighted by Crippen LogP contribution is 2.48. The fourth-order valence-corrected chi connectivity index (χ4v) is 3.68. The minimum Gasteiger partial charge on any atom is -0.355 e. The molecule has 3 aromatic rings. The zero-order valence-electron chi connectivity index (χ0n) is 17.4. The minimum absolute atomic E-state index is 0.126. The standard InChI is InChI=1S/C23H27ClN6/c1-17-28-29-21(30(17)2)15-26-22(25-14-18-7-4-3-5-8-18)27-16-23(11-12-23)19-9-6-10-20(24)13-19/h3-10,13H,11-12,14-16H2,1-2H3,(H2,25,26,27). The summed E-state index contributed by atoms with van der Waals surface area (Å²) in [6.45, 7) is 3.92. The lowest BCUT2D eigenvalue weighted by Gasteiger charge is -2.19. The monoisotopic (exact) mass is 422 g/mol. The molecule has 0 bridgehead atoms. The summed E-state index contributed by atoms with van der Waals surface area (Å²) in [5.74, 6) is 2.53. The van der Waals surface area contributed by atoms with E-state index in [9.17, 15) is 0 Å². The van der Waals surface area contributed by atoms with Crippen LogP contribution in [0.4, 0.5) is 0 Å². The number of aromatic nitrogens is 3. The number of hydrogen-bond acceptors (Lipinski definition) is 3. The van der Waals surface area contributed by atoms with Gasteiger partial charge >= 0.3 is 0 Å². The van der Waals surface area contributed by atoms with Crippen molar-refractivity contribution in [3.63, 3.8) is 0 Å². The lowest BCUT2D eigenvalue weighted by molar-refractivity contribution is 0.637. The molecule has 7 heteroatoms. The Balaban J connectivity index is 1.46. The van der Waals surface area contributed by atoms with E-state index in [1.54, 1.807) is 0 Å². The first-order valence-corrected chi connectivity index (χ1v) is 10.6. The molecule has 1 aliphatic carbocycles. The van der Waals surface area contributed by atoms with Crippen molar-refractivity contribution in [3.05, 3.63) is 82.4 Å². The van der Waals surface area contributed by atoms with E-state index in [4.69, 9.17) is 16.6 Å². The second-order valence-electron chi connectivity index (χ2n) is 7.87. The average Bonchev–Trinajstić information content (AvgIpc) is 3.49. The third-order valence-corrected chi connectivity index (χ3v) is 5.98. The van der Waals surface area contributed by atoms with Gasteiger partial charge in [0.15, 0.2) is 11.8 Å². The smallest absolute Gasteiger partial charge is 0.192 e. The first-order valence-electron chi connectivity index (χ1n) is 10.2. The number of rotatable bonds is 7. The Kier molecular flexibility index (Phi) is 6.04. The molecule has 6 nitrogen and oxygen atoms in total. The van der Waals surface area contributed by atoms with Crippen LogP contribution in [0.15, 0.2) is 59.6 Å². The summed E-state index contributed by atoms with van der Waals surface area (Å²) in [5, 5.41) is 16.1. The van der Waals surface area contributed by atoms with Crippen molar-refractivity contribution in [2.24, 2.45) is 12.0 Å².